The van der Waals surface area contributed by atoms with Gasteiger partial charge < -0.3 is 19.1 Å². The second-order valence-electron chi connectivity index (χ2n) is 9.97. The lowest BCUT2D eigenvalue weighted by Gasteiger charge is -2.33. The average molecular weight is 528 g/mol. The maximum absolute atomic E-state index is 13.9. The molecule has 1 amide bonds. The molecule has 0 aliphatic carbocycles. The lowest BCUT2D eigenvalue weighted by molar-refractivity contribution is -0.139. The summed E-state index contributed by atoms with van der Waals surface area (Å²) in [6, 6.07) is 7.99. The number of amides is 1. The summed E-state index contributed by atoms with van der Waals surface area (Å²) in [6.45, 7) is 6.36. The zero-order chi connectivity index (χ0) is 26.3. The Morgan fingerprint density at radius 2 is 1.69 bits per heavy atom. The Hall–Kier alpha value is -2.95. The Morgan fingerprint density at radius 3 is 2.33 bits per heavy atom. The fourth-order valence-electron chi connectivity index (χ4n) is 4.14. The van der Waals surface area contributed by atoms with E-state index in [-0.39, 0.29) is 34.5 Å². The number of fused-ring (bicyclic) bond motifs is 1. The summed E-state index contributed by atoms with van der Waals surface area (Å²) in [6.07, 6.45) is -3.86. The number of benzene rings is 2. The van der Waals surface area contributed by atoms with Gasteiger partial charge in [-0.1, -0.05) is 12.1 Å². The largest absolute Gasteiger partial charge is 0.493 e. The molecule has 0 N–H and O–H groups in total. The van der Waals surface area contributed by atoms with E-state index in [1.54, 1.807) is 25.7 Å². The standard InChI is InChI=1S/C25H28F3NO6S/c1-24(2,3)35-23(30)29-10-8-16(9-11-29)14-33-20-6-4-17(12-19(20)25(26,27)28)18-5-7-22-21(13-18)34-15-36(22,31)32/h4-7,12-13,16H,8-11,14-15H2,1-3H3. The van der Waals surface area contributed by atoms with Gasteiger partial charge in [-0.3, -0.25) is 0 Å². The number of rotatable bonds is 4. The first-order valence-corrected chi connectivity index (χ1v) is 13.2. The molecule has 2 aliphatic rings. The average Bonchev–Trinajstić information content (AvgIpc) is 3.10. The fourth-order valence-corrected chi connectivity index (χ4v) is 5.24. The maximum atomic E-state index is 13.9. The van der Waals surface area contributed by atoms with Crippen molar-refractivity contribution in [1.82, 2.24) is 4.90 Å². The highest BCUT2D eigenvalue weighted by atomic mass is 32.2. The van der Waals surface area contributed by atoms with Gasteiger partial charge in [0.25, 0.3) is 0 Å². The van der Waals surface area contributed by atoms with Crippen LogP contribution in [0, 0.1) is 5.92 Å². The topological polar surface area (TPSA) is 82.1 Å². The highest BCUT2D eigenvalue weighted by Gasteiger charge is 2.36. The van der Waals surface area contributed by atoms with E-state index >= 15 is 0 Å². The second kappa shape index (κ2) is 9.49. The number of carbonyl (C=O) groups excluding carboxylic acids is 1. The van der Waals surface area contributed by atoms with Crippen molar-refractivity contribution in [3.8, 4) is 22.6 Å². The Balaban J connectivity index is 1.44. The van der Waals surface area contributed by atoms with Crippen LogP contribution in [0.2, 0.25) is 0 Å². The first-order valence-electron chi connectivity index (χ1n) is 11.5. The molecule has 0 aromatic heterocycles. The third-order valence-corrected chi connectivity index (χ3v) is 7.44. The zero-order valence-electron chi connectivity index (χ0n) is 20.2. The maximum Gasteiger partial charge on any atom is 0.419 e. The molecule has 11 heteroatoms. The van der Waals surface area contributed by atoms with Gasteiger partial charge in [-0.15, -0.1) is 0 Å². The van der Waals surface area contributed by atoms with Crippen LogP contribution in [-0.2, 0) is 20.8 Å². The van der Waals surface area contributed by atoms with Crippen LogP contribution >= 0.6 is 0 Å². The molecular weight excluding hydrogens is 499 g/mol. The minimum atomic E-state index is -4.65. The number of alkyl halides is 3. The predicted octanol–water partition coefficient (Wildman–Crippen LogP) is 5.52. The summed E-state index contributed by atoms with van der Waals surface area (Å²) in [4.78, 5) is 13.8. The molecule has 36 heavy (non-hydrogen) atoms. The molecule has 2 aromatic carbocycles. The van der Waals surface area contributed by atoms with Gasteiger partial charge in [-0.25, -0.2) is 13.2 Å². The molecule has 0 spiro atoms. The lowest BCUT2D eigenvalue weighted by Crippen LogP contribution is -2.42. The van der Waals surface area contributed by atoms with E-state index in [4.69, 9.17) is 14.2 Å². The molecule has 0 radical (unpaired) electrons. The number of piperidine rings is 1. The highest BCUT2D eigenvalue weighted by molar-refractivity contribution is 7.91. The van der Waals surface area contributed by atoms with Crippen LogP contribution in [0.4, 0.5) is 18.0 Å². The van der Waals surface area contributed by atoms with Crippen molar-refractivity contribution in [2.45, 2.75) is 50.3 Å². The first kappa shape index (κ1) is 26.1. The number of hydrogen-bond acceptors (Lipinski definition) is 6. The summed E-state index contributed by atoms with van der Waals surface area (Å²) >= 11 is 0. The van der Waals surface area contributed by atoms with Crippen molar-refractivity contribution in [3.63, 3.8) is 0 Å². The minimum Gasteiger partial charge on any atom is -0.493 e. The van der Waals surface area contributed by atoms with Gasteiger partial charge in [0.1, 0.15) is 22.0 Å². The summed E-state index contributed by atoms with van der Waals surface area (Å²) in [7, 11) is -3.53. The number of ether oxygens (including phenoxy) is 3. The molecule has 1 saturated heterocycles. The number of likely N-dealkylation sites (tertiary alicyclic amines) is 1. The molecule has 0 bridgehead atoms. The summed E-state index contributed by atoms with van der Waals surface area (Å²) in [5.74, 6) is -0.636. The van der Waals surface area contributed by atoms with Crippen LogP contribution in [0.1, 0.15) is 39.2 Å². The van der Waals surface area contributed by atoms with Gasteiger partial charge >= 0.3 is 12.3 Å². The Morgan fingerprint density at radius 1 is 1.06 bits per heavy atom. The van der Waals surface area contributed by atoms with Gasteiger partial charge in [-0.2, -0.15) is 13.2 Å². The van der Waals surface area contributed by atoms with Crippen molar-refractivity contribution < 1.29 is 40.6 Å². The van der Waals surface area contributed by atoms with E-state index in [0.29, 0.717) is 31.5 Å². The molecule has 2 aromatic rings. The lowest BCUT2D eigenvalue weighted by atomic mass is 9.98. The zero-order valence-corrected chi connectivity index (χ0v) is 21.0. The van der Waals surface area contributed by atoms with Crippen molar-refractivity contribution in [2.24, 2.45) is 5.92 Å². The van der Waals surface area contributed by atoms with Gasteiger partial charge in [0.15, 0.2) is 5.94 Å². The summed E-state index contributed by atoms with van der Waals surface area (Å²) < 4.78 is 81.6. The van der Waals surface area contributed by atoms with E-state index in [1.165, 1.54) is 30.3 Å². The smallest absolute Gasteiger partial charge is 0.419 e. The van der Waals surface area contributed by atoms with Gasteiger partial charge in [0.05, 0.1) is 12.2 Å². The first-order chi connectivity index (χ1) is 16.7. The van der Waals surface area contributed by atoms with Crippen LogP contribution in [0.15, 0.2) is 41.3 Å². The molecule has 1 fully saturated rings. The van der Waals surface area contributed by atoms with Crippen molar-refractivity contribution in [3.05, 3.63) is 42.0 Å². The number of hydrogen-bond donors (Lipinski definition) is 0. The van der Waals surface area contributed by atoms with Crippen LogP contribution in [-0.4, -0.2) is 50.6 Å². The van der Waals surface area contributed by atoms with Crippen molar-refractivity contribution in [1.29, 1.82) is 0 Å². The molecule has 196 valence electrons. The molecule has 2 aliphatic heterocycles. The second-order valence-corrected chi connectivity index (χ2v) is 11.9. The van der Waals surface area contributed by atoms with Crippen LogP contribution in [0.5, 0.6) is 11.5 Å². The third kappa shape index (κ3) is 5.88. The molecule has 0 unspecified atom stereocenters. The minimum absolute atomic E-state index is 0.000237. The third-order valence-electron chi connectivity index (χ3n) is 6.01. The van der Waals surface area contributed by atoms with Crippen LogP contribution in [0.25, 0.3) is 11.1 Å². The number of carbonyl (C=O) groups is 1. The Kier molecular flexibility index (Phi) is 6.89. The van der Waals surface area contributed by atoms with Gasteiger partial charge in [0, 0.05) is 13.1 Å². The highest BCUT2D eigenvalue weighted by Crippen LogP contribution is 2.41. The van der Waals surface area contributed by atoms with E-state index in [0.717, 1.165) is 6.07 Å². The quantitative estimate of drug-likeness (QED) is 0.521. The SMILES string of the molecule is CC(C)(C)OC(=O)N1CCC(COc2ccc(-c3ccc4c(c3)OCS4(=O)=O)cc2C(F)(F)F)CC1. The predicted molar refractivity (Wildman–Crippen MR) is 126 cm³/mol. The molecule has 0 atom stereocenters. The van der Waals surface area contributed by atoms with Crippen molar-refractivity contribution in [2.75, 3.05) is 25.6 Å². The molecular formula is C25H28F3NO6S. The molecule has 2 heterocycles. The monoisotopic (exact) mass is 527 g/mol. The number of sulfone groups is 1. The molecule has 7 nitrogen and oxygen atoms in total. The fraction of sp³-hybridized carbons (Fsp3) is 0.480. The summed E-state index contributed by atoms with van der Waals surface area (Å²) in [5.41, 5.74) is -0.851. The van der Waals surface area contributed by atoms with Gasteiger partial charge in [-0.05, 0) is 74.9 Å². The van der Waals surface area contributed by atoms with Crippen LogP contribution in [0.3, 0.4) is 0 Å². The number of nitrogens with zero attached hydrogens (tertiary/aromatic N) is 1. The Bertz CT molecular complexity index is 1250. The Labute approximate surface area is 208 Å². The summed E-state index contributed by atoms with van der Waals surface area (Å²) in [5, 5.41) is 0. The van der Waals surface area contributed by atoms with E-state index in [1.807, 2.05) is 0 Å². The van der Waals surface area contributed by atoms with E-state index in [9.17, 15) is 26.4 Å². The van der Waals surface area contributed by atoms with E-state index < -0.39 is 39.2 Å². The van der Waals surface area contributed by atoms with Crippen molar-refractivity contribution >= 4 is 15.9 Å². The molecule has 4 rings (SSSR count). The van der Waals surface area contributed by atoms with Gasteiger partial charge in [0.2, 0.25) is 9.84 Å². The van der Waals surface area contributed by atoms with Crippen LogP contribution < -0.4 is 9.47 Å². The number of halogens is 3. The molecule has 0 saturated carbocycles. The normalized spacial score (nSPS) is 17.9. The van der Waals surface area contributed by atoms with E-state index in [2.05, 4.69) is 0 Å².